The van der Waals surface area contributed by atoms with Gasteiger partial charge in [-0.3, -0.25) is 4.98 Å². The van der Waals surface area contributed by atoms with Crippen molar-refractivity contribution in [1.29, 1.82) is 0 Å². The Hall–Kier alpha value is -4.72. The molecule has 35 heavy (non-hydrogen) atoms. The number of rotatable bonds is 7. The van der Waals surface area contributed by atoms with Gasteiger partial charge in [-0.2, -0.15) is 0 Å². The molecule has 3 aromatic carbocycles. The molecule has 0 aliphatic heterocycles. The Bertz CT molecular complexity index is 1480. The summed E-state index contributed by atoms with van der Waals surface area (Å²) < 4.78 is 31.6. The summed E-state index contributed by atoms with van der Waals surface area (Å²) in [4.78, 5) is 4.35. The highest BCUT2D eigenvalue weighted by Gasteiger charge is 2.14. The quantitative estimate of drug-likeness (QED) is 0.297. The fraction of sp³-hybridized carbons (Fsp3) is 0.0741. The largest absolute Gasteiger partial charge is 0.493 e. The zero-order valence-electron chi connectivity index (χ0n) is 19.0. The fourth-order valence-corrected chi connectivity index (χ4v) is 3.62. The zero-order valence-corrected chi connectivity index (χ0v) is 19.0. The number of hydrogen-bond donors (Lipinski definition) is 1. The van der Waals surface area contributed by atoms with E-state index >= 15 is 4.39 Å². The minimum atomic E-state index is -0.527. The highest BCUT2D eigenvalue weighted by atomic mass is 19.1. The predicted molar refractivity (Wildman–Crippen MR) is 132 cm³/mol. The van der Waals surface area contributed by atoms with Gasteiger partial charge in [-0.15, -0.1) is 10.2 Å². The number of halogens is 1. The van der Waals surface area contributed by atoms with Gasteiger partial charge in [-0.1, -0.05) is 18.2 Å². The molecule has 0 saturated carbocycles. The highest BCUT2D eigenvalue weighted by Crippen LogP contribution is 2.37. The van der Waals surface area contributed by atoms with Crippen LogP contribution < -0.4 is 19.5 Å². The Morgan fingerprint density at radius 3 is 2.26 bits per heavy atom. The predicted octanol–water partition coefficient (Wildman–Crippen LogP) is 6.38. The molecule has 2 heterocycles. The van der Waals surface area contributed by atoms with E-state index in [4.69, 9.17) is 14.2 Å². The van der Waals surface area contributed by atoms with Crippen LogP contribution in [0, 0.1) is 5.82 Å². The number of benzene rings is 3. The Morgan fingerprint density at radius 2 is 1.54 bits per heavy atom. The number of pyridine rings is 1. The number of anilines is 2. The summed E-state index contributed by atoms with van der Waals surface area (Å²) in [5.41, 5.74) is 2.67. The number of aromatic nitrogens is 3. The summed E-state index contributed by atoms with van der Waals surface area (Å²) in [7, 11) is 3.10. The molecule has 2 aromatic heterocycles. The molecule has 0 fully saturated rings. The molecule has 0 radical (unpaired) electrons. The van der Waals surface area contributed by atoms with Crippen LogP contribution in [0.1, 0.15) is 0 Å². The average molecular weight is 468 g/mol. The highest BCUT2D eigenvalue weighted by molar-refractivity contribution is 5.88. The van der Waals surface area contributed by atoms with Gasteiger partial charge in [0.05, 0.1) is 25.4 Å². The molecule has 0 aliphatic carbocycles. The van der Waals surface area contributed by atoms with Gasteiger partial charge in [-0.25, -0.2) is 4.39 Å². The van der Waals surface area contributed by atoms with Crippen molar-refractivity contribution in [2.75, 3.05) is 19.5 Å². The van der Waals surface area contributed by atoms with Crippen molar-refractivity contribution >= 4 is 22.4 Å². The number of para-hydroxylation sites is 1. The van der Waals surface area contributed by atoms with Gasteiger partial charge < -0.3 is 19.5 Å². The lowest BCUT2D eigenvalue weighted by atomic mass is 10.1. The number of methoxy groups -OCH3 is 2. The first kappa shape index (κ1) is 22.1. The first-order valence-electron chi connectivity index (χ1n) is 10.8. The molecular weight excluding hydrogens is 447 g/mol. The minimum Gasteiger partial charge on any atom is -0.493 e. The maximum atomic E-state index is 15.0. The van der Waals surface area contributed by atoms with Gasteiger partial charge >= 0.3 is 0 Å². The molecule has 0 aliphatic rings. The van der Waals surface area contributed by atoms with Crippen LogP contribution in [-0.2, 0) is 0 Å². The Kier molecular flexibility index (Phi) is 6.09. The molecule has 5 rings (SSSR count). The van der Waals surface area contributed by atoms with Gasteiger partial charge in [0.1, 0.15) is 5.75 Å². The molecule has 0 amide bonds. The molecule has 8 heteroatoms. The molecule has 0 spiro atoms. The SMILES string of the molecule is COc1cc2nccc(Oc3ccc(-c4ccc(Nc5ccccc5)nn4)cc3F)c2cc1OC. The maximum absolute atomic E-state index is 15.0. The van der Waals surface area contributed by atoms with Crippen molar-refractivity contribution in [3.05, 3.63) is 90.9 Å². The molecule has 0 unspecified atom stereocenters. The van der Waals surface area contributed by atoms with Crippen LogP contribution in [0.5, 0.6) is 23.0 Å². The van der Waals surface area contributed by atoms with E-state index < -0.39 is 5.82 Å². The monoisotopic (exact) mass is 468 g/mol. The third kappa shape index (κ3) is 4.67. The van der Waals surface area contributed by atoms with Crippen molar-refractivity contribution in [3.63, 3.8) is 0 Å². The standard InChI is InChI=1S/C27H21FN4O3/c1-33-25-15-19-22(16-26(25)34-2)29-13-12-23(19)35-24-10-8-17(14-20(24)28)21-9-11-27(32-31-21)30-18-6-4-3-5-7-18/h3-16H,1-2H3,(H,30,32). The van der Waals surface area contributed by atoms with Crippen molar-refractivity contribution in [1.82, 2.24) is 15.2 Å². The summed E-state index contributed by atoms with van der Waals surface area (Å²) >= 11 is 0. The first-order chi connectivity index (χ1) is 17.1. The average Bonchev–Trinajstić information content (AvgIpc) is 2.90. The van der Waals surface area contributed by atoms with Crippen LogP contribution in [0.4, 0.5) is 15.9 Å². The maximum Gasteiger partial charge on any atom is 0.166 e. The van der Waals surface area contributed by atoms with E-state index in [0.29, 0.717) is 45.2 Å². The second-order valence-electron chi connectivity index (χ2n) is 7.58. The topological polar surface area (TPSA) is 78.4 Å². The Balaban J connectivity index is 1.38. The smallest absolute Gasteiger partial charge is 0.166 e. The van der Waals surface area contributed by atoms with Crippen molar-refractivity contribution in [2.24, 2.45) is 0 Å². The van der Waals surface area contributed by atoms with Gasteiger partial charge in [0, 0.05) is 28.9 Å². The zero-order chi connectivity index (χ0) is 24.2. The second-order valence-corrected chi connectivity index (χ2v) is 7.58. The van der Waals surface area contributed by atoms with E-state index in [9.17, 15) is 0 Å². The van der Waals surface area contributed by atoms with Crippen LogP contribution in [0.3, 0.4) is 0 Å². The normalized spacial score (nSPS) is 10.7. The lowest BCUT2D eigenvalue weighted by Crippen LogP contribution is -1.97. The Morgan fingerprint density at radius 1 is 0.743 bits per heavy atom. The van der Waals surface area contributed by atoms with Crippen LogP contribution in [0.15, 0.2) is 85.1 Å². The van der Waals surface area contributed by atoms with E-state index in [-0.39, 0.29) is 5.75 Å². The van der Waals surface area contributed by atoms with Crippen molar-refractivity contribution in [3.8, 4) is 34.3 Å². The minimum absolute atomic E-state index is 0.0753. The van der Waals surface area contributed by atoms with Crippen LogP contribution in [0.25, 0.3) is 22.2 Å². The van der Waals surface area contributed by atoms with Gasteiger partial charge in [-0.05, 0) is 54.6 Å². The van der Waals surface area contributed by atoms with E-state index in [0.717, 1.165) is 5.69 Å². The summed E-state index contributed by atoms with van der Waals surface area (Å²) in [5.74, 6) is 1.66. The number of nitrogens with one attached hydrogen (secondary N) is 1. The van der Waals surface area contributed by atoms with E-state index in [1.165, 1.54) is 6.07 Å². The number of fused-ring (bicyclic) bond motifs is 1. The molecule has 174 valence electrons. The third-order valence-corrected chi connectivity index (χ3v) is 5.37. The van der Waals surface area contributed by atoms with Gasteiger partial charge in [0.15, 0.2) is 28.9 Å². The van der Waals surface area contributed by atoms with Crippen LogP contribution in [-0.4, -0.2) is 29.4 Å². The lowest BCUT2D eigenvalue weighted by Gasteiger charge is -2.13. The molecule has 5 aromatic rings. The summed E-state index contributed by atoms with van der Waals surface area (Å²) in [5, 5.41) is 12.3. The number of nitrogens with zero attached hydrogens (tertiary/aromatic N) is 3. The van der Waals surface area contributed by atoms with Crippen molar-refractivity contribution in [2.45, 2.75) is 0 Å². The summed E-state index contributed by atoms with van der Waals surface area (Å²) in [6.07, 6.45) is 1.59. The molecular formula is C27H21FN4O3. The molecule has 0 saturated heterocycles. The fourth-order valence-electron chi connectivity index (χ4n) is 3.62. The summed E-state index contributed by atoms with van der Waals surface area (Å²) in [6.45, 7) is 0. The van der Waals surface area contributed by atoms with E-state index in [2.05, 4.69) is 20.5 Å². The third-order valence-electron chi connectivity index (χ3n) is 5.37. The van der Waals surface area contributed by atoms with Crippen molar-refractivity contribution < 1.29 is 18.6 Å². The van der Waals surface area contributed by atoms with E-state index in [1.54, 1.807) is 62.9 Å². The Labute approximate surface area is 201 Å². The van der Waals surface area contributed by atoms with Crippen LogP contribution >= 0.6 is 0 Å². The lowest BCUT2D eigenvalue weighted by molar-refractivity contribution is 0.355. The van der Waals surface area contributed by atoms with Gasteiger partial charge in [0.25, 0.3) is 0 Å². The first-order valence-corrected chi connectivity index (χ1v) is 10.8. The van der Waals surface area contributed by atoms with E-state index in [1.807, 2.05) is 30.3 Å². The molecule has 7 nitrogen and oxygen atoms in total. The second kappa shape index (κ2) is 9.64. The van der Waals surface area contributed by atoms with Gasteiger partial charge in [0.2, 0.25) is 0 Å². The van der Waals surface area contributed by atoms with Crippen LogP contribution in [0.2, 0.25) is 0 Å². The molecule has 0 atom stereocenters. The number of ether oxygens (including phenoxy) is 3. The number of hydrogen-bond acceptors (Lipinski definition) is 7. The summed E-state index contributed by atoms with van der Waals surface area (Å²) in [6, 6.07) is 23.1. The molecule has 0 bridgehead atoms. The molecule has 1 N–H and O–H groups in total.